The van der Waals surface area contributed by atoms with Gasteiger partial charge in [0, 0.05) is 13.7 Å². The number of nitrogens with one attached hydrogen (secondary N) is 2. The lowest BCUT2D eigenvalue weighted by Gasteiger charge is -2.26. The Balaban J connectivity index is 2.28. The van der Waals surface area contributed by atoms with Crippen LogP contribution in [0.1, 0.15) is 33.1 Å². The lowest BCUT2D eigenvalue weighted by atomic mass is 10.0. The molecule has 0 bridgehead atoms. The fourth-order valence-corrected chi connectivity index (χ4v) is 1.57. The van der Waals surface area contributed by atoms with Crippen LogP contribution in [-0.2, 0) is 9.53 Å². The summed E-state index contributed by atoms with van der Waals surface area (Å²) < 4.78 is 5.24. The van der Waals surface area contributed by atoms with Gasteiger partial charge in [0.2, 0.25) is 5.91 Å². The molecule has 1 amide bonds. The quantitative estimate of drug-likeness (QED) is 0.723. The molecule has 0 spiro atoms. The van der Waals surface area contributed by atoms with Gasteiger partial charge < -0.3 is 15.4 Å². The van der Waals surface area contributed by atoms with E-state index in [1.165, 1.54) is 6.42 Å². The molecule has 2 N–H and O–H groups in total. The third-order valence-corrected chi connectivity index (χ3v) is 2.87. The number of hydrogen-bond donors (Lipinski definition) is 2. The number of ether oxygens (including phenoxy) is 1. The van der Waals surface area contributed by atoms with Crippen molar-refractivity contribution in [2.75, 3.05) is 20.2 Å². The van der Waals surface area contributed by atoms with E-state index in [0.29, 0.717) is 6.54 Å². The van der Waals surface area contributed by atoms with Crippen molar-refractivity contribution in [2.45, 2.75) is 44.8 Å². The summed E-state index contributed by atoms with van der Waals surface area (Å²) >= 11 is 0. The Hall–Kier alpha value is -0.610. The van der Waals surface area contributed by atoms with E-state index in [1.807, 2.05) is 13.8 Å². The number of rotatable bonds is 4. The molecule has 0 saturated carbocycles. The highest BCUT2D eigenvalue weighted by atomic mass is 16.5. The van der Waals surface area contributed by atoms with Gasteiger partial charge in [-0.3, -0.25) is 4.79 Å². The van der Waals surface area contributed by atoms with Crippen LogP contribution in [0.15, 0.2) is 0 Å². The minimum Gasteiger partial charge on any atom is -0.377 e. The molecule has 1 aliphatic heterocycles. The zero-order valence-corrected chi connectivity index (χ0v) is 9.93. The molecule has 1 heterocycles. The monoisotopic (exact) mass is 214 g/mol. The van der Waals surface area contributed by atoms with Crippen LogP contribution in [-0.4, -0.2) is 37.7 Å². The molecule has 4 heteroatoms. The van der Waals surface area contributed by atoms with E-state index in [2.05, 4.69) is 10.6 Å². The van der Waals surface area contributed by atoms with Crippen molar-refractivity contribution in [3.63, 3.8) is 0 Å². The summed E-state index contributed by atoms with van der Waals surface area (Å²) in [6, 6.07) is -0.00796. The Bertz CT molecular complexity index is 211. The molecule has 1 saturated heterocycles. The van der Waals surface area contributed by atoms with Gasteiger partial charge in [-0.05, 0) is 33.2 Å². The first kappa shape index (κ1) is 12.5. The number of carbonyl (C=O) groups is 1. The fourth-order valence-electron chi connectivity index (χ4n) is 1.57. The lowest BCUT2D eigenvalue weighted by Crippen LogP contribution is -2.50. The van der Waals surface area contributed by atoms with Gasteiger partial charge in [0.25, 0.3) is 0 Å². The fraction of sp³-hybridized carbons (Fsp3) is 0.909. The molecule has 88 valence electrons. The Morgan fingerprint density at radius 2 is 2.27 bits per heavy atom. The molecule has 1 fully saturated rings. The minimum atomic E-state index is -0.287. The van der Waals surface area contributed by atoms with Crippen LogP contribution in [0, 0.1) is 0 Å². The van der Waals surface area contributed by atoms with Crippen LogP contribution in [0.25, 0.3) is 0 Å². The molecular formula is C11H22N2O2. The molecule has 0 aromatic rings. The second kappa shape index (κ2) is 5.47. The second-order valence-corrected chi connectivity index (χ2v) is 4.68. The van der Waals surface area contributed by atoms with Crippen LogP contribution in [0.5, 0.6) is 0 Å². The molecule has 0 aromatic carbocycles. The summed E-state index contributed by atoms with van der Waals surface area (Å²) in [6.45, 7) is 5.43. The standard InChI is InChI=1S/C11H22N2O2/c1-11(2,15-3)8-13-10(14)9-6-4-5-7-12-9/h9,12H,4-8H2,1-3H3,(H,13,14)/t9-/m0/s1. The Labute approximate surface area is 91.8 Å². The van der Waals surface area contributed by atoms with E-state index >= 15 is 0 Å². The Morgan fingerprint density at radius 3 is 2.80 bits per heavy atom. The van der Waals surface area contributed by atoms with Gasteiger partial charge in [-0.15, -0.1) is 0 Å². The number of hydrogen-bond acceptors (Lipinski definition) is 3. The van der Waals surface area contributed by atoms with Crippen molar-refractivity contribution in [3.8, 4) is 0 Å². The molecule has 1 aliphatic rings. The zero-order chi connectivity index (χ0) is 11.3. The van der Waals surface area contributed by atoms with E-state index in [-0.39, 0.29) is 17.6 Å². The predicted molar refractivity (Wildman–Crippen MR) is 59.7 cm³/mol. The van der Waals surface area contributed by atoms with Gasteiger partial charge in [-0.2, -0.15) is 0 Å². The minimum absolute atomic E-state index is 0.00796. The van der Waals surface area contributed by atoms with Gasteiger partial charge in [0.05, 0.1) is 11.6 Å². The first-order valence-corrected chi connectivity index (χ1v) is 5.61. The van der Waals surface area contributed by atoms with Crippen molar-refractivity contribution in [3.05, 3.63) is 0 Å². The van der Waals surface area contributed by atoms with E-state index in [4.69, 9.17) is 4.74 Å². The Kier molecular flexibility index (Phi) is 4.54. The highest BCUT2D eigenvalue weighted by Gasteiger charge is 2.23. The predicted octanol–water partition coefficient (Wildman–Crippen LogP) is 0.670. The topological polar surface area (TPSA) is 50.4 Å². The third kappa shape index (κ3) is 4.18. The number of methoxy groups -OCH3 is 1. The van der Waals surface area contributed by atoms with Crippen LogP contribution in [0.2, 0.25) is 0 Å². The average Bonchev–Trinajstić information content (AvgIpc) is 2.27. The average molecular weight is 214 g/mol. The highest BCUT2D eigenvalue weighted by molar-refractivity contribution is 5.81. The van der Waals surface area contributed by atoms with Crippen LogP contribution < -0.4 is 10.6 Å². The molecule has 1 atom stereocenters. The molecular weight excluding hydrogens is 192 g/mol. The van der Waals surface area contributed by atoms with Crippen molar-refractivity contribution < 1.29 is 9.53 Å². The summed E-state index contributed by atoms with van der Waals surface area (Å²) in [7, 11) is 1.66. The molecule has 0 unspecified atom stereocenters. The van der Waals surface area contributed by atoms with Gasteiger partial charge in [0.15, 0.2) is 0 Å². The van der Waals surface area contributed by atoms with E-state index in [9.17, 15) is 4.79 Å². The molecule has 0 radical (unpaired) electrons. The summed E-state index contributed by atoms with van der Waals surface area (Å²) in [4.78, 5) is 11.7. The second-order valence-electron chi connectivity index (χ2n) is 4.68. The molecule has 0 aliphatic carbocycles. The molecule has 4 nitrogen and oxygen atoms in total. The van der Waals surface area contributed by atoms with E-state index in [0.717, 1.165) is 19.4 Å². The maximum absolute atomic E-state index is 11.7. The van der Waals surface area contributed by atoms with Gasteiger partial charge in [-0.1, -0.05) is 6.42 Å². The number of amides is 1. The number of piperidine rings is 1. The highest BCUT2D eigenvalue weighted by Crippen LogP contribution is 2.08. The van der Waals surface area contributed by atoms with Crippen molar-refractivity contribution in [1.29, 1.82) is 0 Å². The largest absolute Gasteiger partial charge is 0.377 e. The van der Waals surface area contributed by atoms with Gasteiger partial charge in [0.1, 0.15) is 0 Å². The van der Waals surface area contributed by atoms with Crippen LogP contribution in [0.3, 0.4) is 0 Å². The summed E-state index contributed by atoms with van der Waals surface area (Å²) in [6.07, 6.45) is 3.26. The summed E-state index contributed by atoms with van der Waals surface area (Å²) in [5, 5.41) is 6.14. The van der Waals surface area contributed by atoms with Crippen LogP contribution in [0.4, 0.5) is 0 Å². The summed E-state index contributed by atoms with van der Waals surface area (Å²) in [5.41, 5.74) is -0.287. The van der Waals surface area contributed by atoms with E-state index in [1.54, 1.807) is 7.11 Å². The van der Waals surface area contributed by atoms with Crippen molar-refractivity contribution in [1.82, 2.24) is 10.6 Å². The smallest absolute Gasteiger partial charge is 0.237 e. The van der Waals surface area contributed by atoms with Crippen molar-refractivity contribution in [2.24, 2.45) is 0 Å². The van der Waals surface area contributed by atoms with Gasteiger partial charge in [-0.25, -0.2) is 0 Å². The first-order valence-electron chi connectivity index (χ1n) is 5.61. The normalized spacial score (nSPS) is 22.5. The Morgan fingerprint density at radius 1 is 1.53 bits per heavy atom. The third-order valence-electron chi connectivity index (χ3n) is 2.87. The van der Waals surface area contributed by atoms with E-state index < -0.39 is 0 Å². The van der Waals surface area contributed by atoms with Gasteiger partial charge >= 0.3 is 0 Å². The van der Waals surface area contributed by atoms with Crippen LogP contribution >= 0.6 is 0 Å². The molecule has 1 rings (SSSR count). The lowest BCUT2D eigenvalue weighted by molar-refractivity contribution is -0.124. The first-order chi connectivity index (χ1) is 7.05. The maximum atomic E-state index is 11.7. The SMILES string of the molecule is COC(C)(C)CNC(=O)[C@@H]1CCCCN1. The van der Waals surface area contributed by atoms with Crippen molar-refractivity contribution >= 4 is 5.91 Å². The zero-order valence-electron chi connectivity index (χ0n) is 9.93. The molecule has 0 aromatic heterocycles. The maximum Gasteiger partial charge on any atom is 0.237 e. The molecule has 15 heavy (non-hydrogen) atoms. The number of carbonyl (C=O) groups excluding carboxylic acids is 1. The summed E-state index contributed by atoms with van der Waals surface area (Å²) in [5.74, 6) is 0.0971.